The number of ether oxygens (including phenoxy) is 1. The molecule has 174 valence electrons. The largest absolute Gasteiger partial charge is 0.481 e. The Morgan fingerprint density at radius 1 is 1.23 bits per heavy atom. The second kappa shape index (κ2) is 11.8. The number of nitrogens with one attached hydrogen (secondary N) is 1. The van der Waals surface area contributed by atoms with Crippen LogP contribution in [0.4, 0.5) is 0 Å². The fraction of sp³-hybridized carbons (Fsp3) is 0.591. The van der Waals surface area contributed by atoms with E-state index in [1.54, 1.807) is 13.8 Å². The molecule has 0 aliphatic rings. The number of aliphatic carboxylic acids is 1. The monoisotopic (exact) mass is 471 g/mol. The van der Waals surface area contributed by atoms with Gasteiger partial charge in [0.1, 0.15) is 18.4 Å². The van der Waals surface area contributed by atoms with Crippen LogP contribution in [0.3, 0.4) is 0 Å². The lowest BCUT2D eigenvalue weighted by atomic mass is 9.82. The molecule has 1 rings (SSSR count). The third-order valence-corrected chi connectivity index (χ3v) is 7.34. The quantitative estimate of drug-likeness (QED) is 0.317. The molecule has 0 saturated heterocycles. The topological polar surface area (TPSA) is 113 Å². The van der Waals surface area contributed by atoms with Crippen LogP contribution in [0.2, 0.25) is 0 Å². The Labute approximate surface area is 190 Å². The van der Waals surface area contributed by atoms with Gasteiger partial charge in [-0.25, -0.2) is 8.42 Å². The molecule has 1 unspecified atom stereocenters. The van der Waals surface area contributed by atoms with E-state index < -0.39 is 26.8 Å². The van der Waals surface area contributed by atoms with Gasteiger partial charge in [-0.3, -0.25) is 4.79 Å². The van der Waals surface area contributed by atoms with Crippen molar-refractivity contribution in [2.45, 2.75) is 63.1 Å². The van der Waals surface area contributed by atoms with Gasteiger partial charge in [-0.05, 0) is 62.1 Å². The molecule has 31 heavy (non-hydrogen) atoms. The summed E-state index contributed by atoms with van der Waals surface area (Å²) in [6.07, 6.45) is 0.953. The van der Waals surface area contributed by atoms with E-state index in [4.69, 9.17) is 9.84 Å². The molecular formula is C22H33NO6S2. The molecule has 1 aromatic rings. The van der Waals surface area contributed by atoms with Crippen molar-refractivity contribution in [1.29, 1.82) is 0 Å². The third kappa shape index (κ3) is 9.11. The average Bonchev–Trinajstić information content (AvgIpc) is 2.65. The molecule has 2 atom stereocenters. The van der Waals surface area contributed by atoms with Gasteiger partial charge in [0, 0.05) is 11.4 Å². The summed E-state index contributed by atoms with van der Waals surface area (Å²) in [7, 11) is -4.09. The fourth-order valence-electron chi connectivity index (χ4n) is 3.23. The van der Waals surface area contributed by atoms with Crippen molar-refractivity contribution in [3.63, 3.8) is 0 Å². The predicted molar refractivity (Wildman–Crippen MR) is 124 cm³/mol. The number of thioether (sulfide) groups is 1. The molecule has 7 nitrogen and oxygen atoms in total. The highest BCUT2D eigenvalue weighted by molar-refractivity contribution is 8.00. The molecule has 0 fully saturated rings. The van der Waals surface area contributed by atoms with Crippen molar-refractivity contribution < 1.29 is 28.2 Å². The van der Waals surface area contributed by atoms with E-state index in [9.17, 15) is 18.3 Å². The van der Waals surface area contributed by atoms with Crippen LogP contribution < -0.4 is 9.46 Å². The van der Waals surface area contributed by atoms with Crippen LogP contribution in [0.25, 0.3) is 0 Å². The highest BCUT2D eigenvalue weighted by atomic mass is 32.2. The summed E-state index contributed by atoms with van der Waals surface area (Å²) in [5, 5.41) is 19.0. The van der Waals surface area contributed by atoms with E-state index in [0.29, 0.717) is 24.3 Å². The maximum absolute atomic E-state index is 13.0. The van der Waals surface area contributed by atoms with E-state index in [1.165, 1.54) is 36.0 Å². The number of aliphatic hydroxyl groups excluding tert-OH is 1. The highest BCUT2D eigenvalue weighted by Gasteiger charge is 2.44. The number of carboxylic acid groups (broad SMARTS) is 1. The molecule has 3 N–H and O–H groups in total. The van der Waals surface area contributed by atoms with Crippen LogP contribution >= 0.6 is 11.8 Å². The van der Waals surface area contributed by atoms with Crippen molar-refractivity contribution in [2.75, 3.05) is 19.0 Å². The second-order valence-corrected chi connectivity index (χ2v) is 11.9. The minimum atomic E-state index is -4.09. The Kier molecular flexibility index (Phi) is 10.4. The number of carbonyl (C=O) groups is 1. The molecule has 0 saturated carbocycles. The number of aliphatic hydroxyl groups is 1. The Morgan fingerprint density at radius 3 is 2.32 bits per heavy atom. The molecule has 0 aliphatic heterocycles. The lowest BCUT2D eigenvalue weighted by molar-refractivity contribution is -0.139. The molecular weight excluding hydrogens is 438 g/mol. The van der Waals surface area contributed by atoms with Crippen molar-refractivity contribution in [1.82, 2.24) is 4.72 Å². The van der Waals surface area contributed by atoms with Gasteiger partial charge in [0.15, 0.2) is 0 Å². The molecule has 0 aliphatic carbocycles. The summed E-state index contributed by atoms with van der Waals surface area (Å²) in [6, 6.07) is 4.40. The Hall–Kier alpha value is -1.73. The van der Waals surface area contributed by atoms with E-state index in [0.717, 1.165) is 0 Å². The summed E-state index contributed by atoms with van der Waals surface area (Å²) in [6.45, 7) is 9.57. The van der Waals surface area contributed by atoms with Crippen LogP contribution in [-0.2, 0) is 14.8 Å². The number of carboxylic acids is 1. The van der Waals surface area contributed by atoms with Crippen LogP contribution in [0.1, 0.15) is 47.5 Å². The first-order chi connectivity index (χ1) is 14.3. The Morgan fingerprint density at radius 2 is 1.84 bits per heavy atom. The molecule has 0 aromatic heterocycles. The van der Waals surface area contributed by atoms with Gasteiger partial charge in [-0.2, -0.15) is 16.5 Å². The van der Waals surface area contributed by atoms with E-state index in [1.807, 2.05) is 20.8 Å². The van der Waals surface area contributed by atoms with Gasteiger partial charge in [-0.1, -0.05) is 26.7 Å². The molecule has 0 radical (unpaired) electrons. The number of benzene rings is 1. The molecule has 0 bridgehead atoms. The summed E-state index contributed by atoms with van der Waals surface area (Å²) in [4.78, 5) is 12.1. The Balaban J connectivity index is 3.16. The van der Waals surface area contributed by atoms with Gasteiger partial charge >= 0.3 is 5.97 Å². The number of hydrogen-bond donors (Lipinski definition) is 3. The standard InChI is InChI=1S/C22H33NO6S2/c1-6-7-14-29-17-9-11-18(12-10-17)31(27,28)23-19(20(25)26)22(5,16-21(2,3)4)30-15-8-13-24/h9-12,19,23-24H,8,13-16H2,1-5H3,(H,25,26)/t19-,22?/m0/s1. The van der Waals surface area contributed by atoms with Crippen molar-refractivity contribution >= 4 is 27.8 Å². The lowest BCUT2D eigenvalue weighted by Gasteiger charge is -2.39. The van der Waals surface area contributed by atoms with Crippen molar-refractivity contribution in [3.8, 4) is 17.6 Å². The smallest absolute Gasteiger partial charge is 0.323 e. The van der Waals surface area contributed by atoms with Gasteiger partial charge in [0.05, 0.1) is 4.90 Å². The molecule has 0 amide bonds. The van der Waals surface area contributed by atoms with Gasteiger partial charge in [-0.15, -0.1) is 5.92 Å². The van der Waals surface area contributed by atoms with Crippen LogP contribution in [0, 0.1) is 17.3 Å². The van der Waals surface area contributed by atoms with Gasteiger partial charge < -0.3 is 14.9 Å². The zero-order chi connectivity index (χ0) is 23.7. The van der Waals surface area contributed by atoms with Crippen LogP contribution in [-0.4, -0.2) is 54.4 Å². The molecule has 0 spiro atoms. The number of sulfonamides is 1. The molecule has 1 aromatic carbocycles. The maximum atomic E-state index is 13.0. The summed E-state index contributed by atoms with van der Waals surface area (Å²) < 4.78 is 32.8. The second-order valence-electron chi connectivity index (χ2n) is 8.56. The predicted octanol–water partition coefficient (Wildman–Crippen LogP) is 3.13. The third-order valence-electron chi connectivity index (χ3n) is 4.37. The van der Waals surface area contributed by atoms with Crippen LogP contribution in [0.5, 0.6) is 5.75 Å². The first-order valence-electron chi connectivity index (χ1n) is 9.97. The minimum absolute atomic E-state index is 0.0136. The Bertz CT molecular complexity index is 881. The normalized spacial score (nSPS) is 14.8. The van der Waals surface area contributed by atoms with Crippen molar-refractivity contribution in [2.24, 2.45) is 5.41 Å². The summed E-state index contributed by atoms with van der Waals surface area (Å²) in [5.41, 5.74) is -0.236. The first kappa shape index (κ1) is 27.3. The maximum Gasteiger partial charge on any atom is 0.323 e. The van der Waals surface area contributed by atoms with E-state index >= 15 is 0 Å². The van der Waals surface area contributed by atoms with Crippen molar-refractivity contribution in [3.05, 3.63) is 24.3 Å². The van der Waals surface area contributed by atoms with Gasteiger partial charge in [0.2, 0.25) is 10.0 Å². The summed E-state index contributed by atoms with van der Waals surface area (Å²) >= 11 is 1.36. The molecule has 9 heteroatoms. The first-order valence-corrected chi connectivity index (χ1v) is 12.4. The SMILES string of the molecule is CC#CCOc1ccc(S(=O)(=O)N[C@@H](C(=O)O)C(C)(CC(C)(C)C)SCCCO)cc1. The zero-order valence-electron chi connectivity index (χ0n) is 18.8. The zero-order valence-corrected chi connectivity index (χ0v) is 20.4. The number of rotatable bonds is 12. The summed E-state index contributed by atoms with van der Waals surface area (Å²) in [5.74, 6) is 5.19. The van der Waals surface area contributed by atoms with Gasteiger partial charge in [0.25, 0.3) is 0 Å². The molecule has 0 heterocycles. The van der Waals surface area contributed by atoms with E-state index in [-0.39, 0.29) is 23.5 Å². The minimum Gasteiger partial charge on any atom is -0.481 e. The average molecular weight is 472 g/mol. The lowest BCUT2D eigenvalue weighted by Crippen LogP contribution is -2.55. The number of hydrogen-bond acceptors (Lipinski definition) is 6. The van der Waals surface area contributed by atoms with Crippen LogP contribution in [0.15, 0.2) is 29.2 Å². The highest BCUT2D eigenvalue weighted by Crippen LogP contribution is 2.40. The fourth-order valence-corrected chi connectivity index (χ4v) is 6.20. The van der Waals surface area contributed by atoms with E-state index in [2.05, 4.69) is 16.6 Å².